The molecule has 0 aliphatic carbocycles. The molecule has 6 heteroatoms. The summed E-state index contributed by atoms with van der Waals surface area (Å²) < 4.78 is 15.6. The zero-order valence-electron chi connectivity index (χ0n) is 12.9. The number of rotatable bonds is 5. The van der Waals surface area contributed by atoms with Crippen molar-refractivity contribution in [3.05, 3.63) is 70.9 Å². The van der Waals surface area contributed by atoms with Crippen LogP contribution in [-0.4, -0.2) is 18.2 Å². The molecular weight excluding hydrogens is 330 g/mol. The second-order valence-corrected chi connectivity index (χ2v) is 5.43. The zero-order chi connectivity index (χ0) is 16.9. The highest BCUT2D eigenvalue weighted by molar-refractivity contribution is 6.30. The molecule has 0 saturated heterocycles. The van der Waals surface area contributed by atoms with E-state index in [-0.39, 0.29) is 6.61 Å². The van der Waals surface area contributed by atoms with Crippen LogP contribution in [0, 0.1) is 0 Å². The molecule has 0 spiro atoms. The average molecular weight is 344 g/mol. The van der Waals surface area contributed by atoms with Gasteiger partial charge in [-0.2, -0.15) is 0 Å². The number of carbonyl (C=O) groups is 1. The molecule has 0 unspecified atom stereocenters. The summed E-state index contributed by atoms with van der Waals surface area (Å²) in [5, 5.41) is 4.47. The van der Waals surface area contributed by atoms with Gasteiger partial charge in [0.25, 0.3) is 0 Å². The Morgan fingerprint density at radius 3 is 2.50 bits per heavy atom. The Morgan fingerprint density at radius 2 is 1.83 bits per heavy atom. The highest BCUT2D eigenvalue weighted by Crippen LogP contribution is 2.23. The Bertz CT molecular complexity index is 825. The maximum absolute atomic E-state index is 11.9. The van der Waals surface area contributed by atoms with E-state index in [1.165, 1.54) is 0 Å². The van der Waals surface area contributed by atoms with Gasteiger partial charge >= 0.3 is 5.97 Å². The monoisotopic (exact) mass is 343 g/mol. The fourth-order valence-electron chi connectivity index (χ4n) is 2.08. The largest absolute Gasteiger partial charge is 0.497 e. The summed E-state index contributed by atoms with van der Waals surface area (Å²) in [6, 6.07) is 15.6. The number of nitrogens with zero attached hydrogens (tertiary/aromatic N) is 1. The van der Waals surface area contributed by atoms with E-state index < -0.39 is 5.97 Å². The van der Waals surface area contributed by atoms with Crippen molar-refractivity contribution in [2.45, 2.75) is 6.61 Å². The quantitative estimate of drug-likeness (QED) is 0.644. The van der Waals surface area contributed by atoms with Crippen LogP contribution in [0.1, 0.15) is 16.1 Å². The van der Waals surface area contributed by atoms with Crippen molar-refractivity contribution in [3.8, 4) is 17.1 Å². The summed E-state index contributed by atoms with van der Waals surface area (Å²) in [5.41, 5.74) is 1.82. The Labute approximate surface area is 143 Å². The number of ether oxygens (including phenoxy) is 2. The first kappa shape index (κ1) is 16.1. The second kappa shape index (κ2) is 7.19. The second-order valence-electron chi connectivity index (χ2n) is 4.99. The van der Waals surface area contributed by atoms with Crippen LogP contribution in [0.2, 0.25) is 5.02 Å². The fourth-order valence-corrected chi connectivity index (χ4v) is 2.21. The molecule has 0 saturated carbocycles. The SMILES string of the molecule is COc1ccc(-c2cc(COC(=O)c3ccc(Cl)cc3)no2)cc1. The first-order chi connectivity index (χ1) is 11.7. The van der Waals surface area contributed by atoms with E-state index in [9.17, 15) is 4.79 Å². The number of methoxy groups -OCH3 is 1. The van der Waals surface area contributed by atoms with Gasteiger partial charge in [-0.05, 0) is 48.5 Å². The smallest absolute Gasteiger partial charge is 0.338 e. The van der Waals surface area contributed by atoms with Gasteiger partial charge in [-0.3, -0.25) is 0 Å². The Morgan fingerprint density at radius 1 is 1.12 bits per heavy atom. The third-order valence-electron chi connectivity index (χ3n) is 3.36. The van der Waals surface area contributed by atoms with Crippen LogP contribution in [0.25, 0.3) is 11.3 Å². The average Bonchev–Trinajstić information content (AvgIpc) is 3.09. The molecule has 0 bridgehead atoms. The minimum Gasteiger partial charge on any atom is -0.497 e. The summed E-state index contributed by atoms with van der Waals surface area (Å²) in [4.78, 5) is 11.9. The molecule has 122 valence electrons. The lowest BCUT2D eigenvalue weighted by Crippen LogP contribution is -2.05. The number of esters is 1. The summed E-state index contributed by atoms with van der Waals surface area (Å²) in [7, 11) is 1.61. The van der Waals surface area contributed by atoms with Crippen LogP contribution in [0.5, 0.6) is 5.75 Å². The zero-order valence-corrected chi connectivity index (χ0v) is 13.6. The number of aromatic nitrogens is 1. The molecule has 24 heavy (non-hydrogen) atoms. The molecule has 0 radical (unpaired) electrons. The lowest BCUT2D eigenvalue weighted by atomic mass is 10.1. The maximum atomic E-state index is 11.9. The van der Waals surface area contributed by atoms with E-state index in [2.05, 4.69) is 5.16 Å². The third-order valence-corrected chi connectivity index (χ3v) is 3.62. The molecule has 0 N–H and O–H groups in total. The Hall–Kier alpha value is -2.79. The Balaban J connectivity index is 1.63. The molecule has 1 aromatic heterocycles. The molecule has 1 heterocycles. The highest BCUT2D eigenvalue weighted by atomic mass is 35.5. The molecular formula is C18H14ClNO4. The number of benzene rings is 2. The topological polar surface area (TPSA) is 61.6 Å². The van der Waals surface area contributed by atoms with Crippen molar-refractivity contribution in [1.82, 2.24) is 5.16 Å². The first-order valence-corrected chi connectivity index (χ1v) is 7.56. The molecule has 0 fully saturated rings. The van der Waals surface area contributed by atoms with Gasteiger partial charge in [-0.1, -0.05) is 16.8 Å². The third kappa shape index (κ3) is 3.75. The molecule has 5 nitrogen and oxygen atoms in total. The summed E-state index contributed by atoms with van der Waals surface area (Å²) in [5.74, 6) is 0.909. The van der Waals surface area contributed by atoms with E-state index in [0.29, 0.717) is 22.0 Å². The molecule has 0 amide bonds. The van der Waals surface area contributed by atoms with Gasteiger partial charge in [0.2, 0.25) is 0 Å². The van der Waals surface area contributed by atoms with Gasteiger partial charge in [0.05, 0.1) is 12.7 Å². The first-order valence-electron chi connectivity index (χ1n) is 7.18. The fraction of sp³-hybridized carbons (Fsp3) is 0.111. The summed E-state index contributed by atoms with van der Waals surface area (Å²) in [6.07, 6.45) is 0. The van der Waals surface area contributed by atoms with Crippen molar-refractivity contribution < 1.29 is 18.8 Å². The van der Waals surface area contributed by atoms with E-state index in [1.54, 1.807) is 37.4 Å². The van der Waals surface area contributed by atoms with Crippen molar-refractivity contribution in [2.75, 3.05) is 7.11 Å². The van der Waals surface area contributed by atoms with Gasteiger partial charge in [0, 0.05) is 16.7 Å². The van der Waals surface area contributed by atoms with Crippen molar-refractivity contribution >= 4 is 17.6 Å². The van der Waals surface area contributed by atoms with Crippen LogP contribution < -0.4 is 4.74 Å². The lowest BCUT2D eigenvalue weighted by Gasteiger charge is -2.02. The molecule has 3 aromatic rings. The van der Waals surface area contributed by atoms with Gasteiger partial charge in [0.15, 0.2) is 5.76 Å². The number of hydrogen-bond acceptors (Lipinski definition) is 5. The minimum absolute atomic E-state index is 0.0289. The van der Waals surface area contributed by atoms with Crippen molar-refractivity contribution in [3.63, 3.8) is 0 Å². The van der Waals surface area contributed by atoms with Crippen LogP contribution in [-0.2, 0) is 11.3 Å². The minimum atomic E-state index is -0.444. The van der Waals surface area contributed by atoms with Crippen molar-refractivity contribution in [1.29, 1.82) is 0 Å². The molecule has 3 rings (SSSR count). The predicted octanol–water partition coefficient (Wildman–Crippen LogP) is 4.36. The summed E-state index contributed by atoms with van der Waals surface area (Å²) >= 11 is 5.79. The molecule has 0 aliphatic heterocycles. The van der Waals surface area contributed by atoms with E-state index in [1.807, 2.05) is 24.3 Å². The number of halogens is 1. The summed E-state index contributed by atoms with van der Waals surface area (Å²) in [6.45, 7) is 0.0289. The van der Waals surface area contributed by atoms with Crippen LogP contribution in [0.3, 0.4) is 0 Å². The van der Waals surface area contributed by atoms with Gasteiger partial charge < -0.3 is 14.0 Å². The van der Waals surface area contributed by atoms with E-state index in [4.69, 9.17) is 25.6 Å². The normalized spacial score (nSPS) is 10.4. The van der Waals surface area contributed by atoms with E-state index >= 15 is 0 Å². The van der Waals surface area contributed by atoms with Crippen LogP contribution in [0.4, 0.5) is 0 Å². The number of carbonyl (C=O) groups excluding carboxylic acids is 1. The van der Waals surface area contributed by atoms with Crippen LogP contribution >= 0.6 is 11.6 Å². The molecule has 0 atom stereocenters. The van der Waals surface area contributed by atoms with Gasteiger partial charge in [-0.25, -0.2) is 4.79 Å². The Kier molecular flexibility index (Phi) is 4.82. The van der Waals surface area contributed by atoms with Gasteiger partial charge in [-0.15, -0.1) is 0 Å². The lowest BCUT2D eigenvalue weighted by molar-refractivity contribution is 0.0464. The van der Waals surface area contributed by atoms with Crippen molar-refractivity contribution in [2.24, 2.45) is 0 Å². The van der Waals surface area contributed by atoms with Crippen LogP contribution in [0.15, 0.2) is 59.1 Å². The number of hydrogen-bond donors (Lipinski definition) is 0. The maximum Gasteiger partial charge on any atom is 0.338 e. The molecule has 0 aliphatic rings. The standard InChI is InChI=1S/C18H14ClNO4/c1-22-16-8-4-12(5-9-16)17-10-15(20-24-17)11-23-18(21)13-2-6-14(19)7-3-13/h2-10H,11H2,1H3. The molecule has 2 aromatic carbocycles. The highest BCUT2D eigenvalue weighted by Gasteiger charge is 2.11. The van der Waals surface area contributed by atoms with Gasteiger partial charge in [0.1, 0.15) is 18.1 Å². The predicted molar refractivity (Wildman–Crippen MR) is 89.1 cm³/mol. The van der Waals surface area contributed by atoms with E-state index in [0.717, 1.165) is 11.3 Å².